The van der Waals surface area contributed by atoms with Gasteiger partial charge in [-0.2, -0.15) is 0 Å². The lowest BCUT2D eigenvalue weighted by atomic mass is 9.92. The molecule has 0 aliphatic carbocycles. The van der Waals surface area contributed by atoms with Gasteiger partial charge in [0.1, 0.15) is 11.6 Å². The van der Waals surface area contributed by atoms with Gasteiger partial charge >= 0.3 is 0 Å². The second kappa shape index (κ2) is 7.67. The van der Waals surface area contributed by atoms with E-state index in [0.717, 1.165) is 52.3 Å². The van der Waals surface area contributed by atoms with Crippen molar-refractivity contribution in [2.24, 2.45) is 0 Å². The molecule has 0 bridgehead atoms. The molecule has 5 heteroatoms. The number of Topliss-reactive ketones (excluding diaryl/α,β-unsaturated/α-hetero) is 1. The third-order valence-electron chi connectivity index (χ3n) is 5.58. The van der Waals surface area contributed by atoms with Crippen LogP contribution in [0.5, 0.6) is 0 Å². The summed E-state index contributed by atoms with van der Waals surface area (Å²) in [4.78, 5) is 27.7. The van der Waals surface area contributed by atoms with E-state index in [9.17, 15) is 4.79 Å². The van der Waals surface area contributed by atoms with Crippen molar-refractivity contribution in [1.29, 1.82) is 0 Å². The normalized spacial score (nSPS) is 14.0. The highest BCUT2D eigenvalue weighted by Crippen LogP contribution is 2.34. The number of carbonyl (C=O) groups is 1. The molecule has 0 saturated carbocycles. The Labute approximate surface area is 175 Å². The first kappa shape index (κ1) is 18.4. The SMILES string of the molecule is CC(=O)Cc1ccc(-c2nccnc2C2CN(c3ccc4ccccc4n3)C2)cc1. The lowest BCUT2D eigenvalue weighted by Crippen LogP contribution is -2.46. The largest absolute Gasteiger partial charge is 0.355 e. The standard InChI is InChI=1S/C25H22N4O/c1-17(30)14-18-6-8-20(9-7-18)24-25(27-13-12-26-24)21-15-29(16-21)23-11-10-19-4-2-3-5-22(19)28-23/h2-13,21H,14-16H2,1H3. The van der Waals surface area contributed by atoms with Gasteiger partial charge in [0.05, 0.1) is 16.9 Å². The summed E-state index contributed by atoms with van der Waals surface area (Å²) in [6.07, 6.45) is 3.97. The van der Waals surface area contributed by atoms with Crippen molar-refractivity contribution in [3.8, 4) is 11.3 Å². The van der Waals surface area contributed by atoms with E-state index in [1.54, 1.807) is 19.3 Å². The molecule has 0 amide bonds. The zero-order valence-corrected chi connectivity index (χ0v) is 16.8. The van der Waals surface area contributed by atoms with Crippen LogP contribution in [0, 0.1) is 0 Å². The van der Waals surface area contributed by atoms with Crippen LogP contribution in [-0.2, 0) is 11.2 Å². The predicted molar refractivity (Wildman–Crippen MR) is 119 cm³/mol. The van der Waals surface area contributed by atoms with E-state index >= 15 is 0 Å². The molecule has 1 fully saturated rings. The molecule has 1 aliphatic heterocycles. The first-order valence-corrected chi connectivity index (χ1v) is 10.2. The van der Waals surface area contributed by atoms with Crippen LogP contribution in [0.2, 0.25) is 0 Å². The maximum Gasteiger partial charge on any atom is 0.134 e. The maximum atomic E-state index is 11.3. The number of anilines is 1. The van der Waals surface area contributed by atoms with Gasteiger partial charge in [0.15, 0.2) is 0 Å². The summed E-state index contributed by atoms with van der Waals surface area (Å²) in [6.45, 7) is 3.36. The van der Waals surface area contributed by atoms with Crippen LogP contribution in [-0.4, -0.2) is 33.8 Å². The minimum Gasteiger partial charge on any atom is -0.355 e. The average Bonchev–Trinajstić information content (AvgIpc) is 2.73. The van der Waals surface area contributed by atoms with Gasteiger partial charge in [0.2, 0.25) is 0 Å². The monoisotopic (exact) mass is 394 g/mol. The molecule has 4 aromatic rings. The molecule has 5 nitrogen and oxygen atoms in total. The fourth-order valence-corrected chi connectivity index (χ4v) is 4.01. The van der Waals surface area contributed by atoms with Crippen LogP contribution in [0.15, 0.2) is 73.1 Å². The van der Waals surface area contributed by atoms with Gasteiger partial charge in [-0.1, -0.05) is 42.5 Å². The van der Waals surface area contributed by atoms with E-state index in [0.29, 0.717) is 12.3 Å². The molecule has 1 aliphatic rings. The van der Waals surface area contributed by atoms with Gasteiger partial charge in [-0.15, -0.1) is 0 Å². The third-order valence-corrected chi connectivity index (χ3v) is 5.58. The number of nitrogens with zero attached hydrogens (tertiary/aromatic N) is 4. The Morgan fingerprint density at radius 2 is 1.73 bits per heavy atom. The van der Waals surface area contributed by atoms with E-state index < -0.39 is 0 Å². The minimum absolute atomic E-state index is 0.166. The van der Waals surface area contributed by atoms with Crippen molar-refractivity contribution >= 4 is 22.5 Å². The van der Waals surface area contributed by atoms with E-state index in [4.69, 9.17) is 4.98 Å². The molecule has 3 heterocycles. The second-order valence-corrected chi connectivity index (χ2v) is 7.83. The molecule has 0 radical (unpaired) electrons. The Morgan fingerprint density at radius 1 is 0.967 bits per heavy atom. The molecule has 0 unspecified atom stereocenters. The van der Waals surface area contributed by atoms with E-state index in [2.05, 4.69) is 33.1 Å². The number of ketones is 1. The van der Waals surface area contributed by atoms with E-state index in [1.807, 2.05) is 42.5 Å². The summed E-state index contributed by atoms with van der Waals surface area (Å²) in [5.41, 5.74) is 5.02. The van der Waals surface area contributed by atoms with Gasteiger partial charge in [0, 0.05) is 48.8 Å². The fraction of sp³-hybridized carbons (Fsp3) is 0.200. The average molecular weight is 394 g/mol. The minimum atomic E-state index is 0.166. The molecule has 0 atom stereocenters. The number of hydrogen-bond acceptors (Lipinski definition) is 5. The Balaban J connectivity index is 1.35. The molecule has 30 heavy (non-hydrogen) atoms. The number of aromatic nitrogens is 3. The summed E-state index contributed by atoms with van der Waals surface area (Å²) in [7, 11) is 0. The van der Waals surface area contributed by atoms with Crippen LogP contribution in [0.25, 0.3) is 22.2 Å². The summed E-state index contributed by atoms with van der Waals surface area (Å²) >= 11 is 0. The van der Waals surface area contributed by atoms with Gasteiger partial charge in [0.25, 0.3) is 0 Å². The summed E-state index contributed by atoms with van der Waals surface area (Å²) in [6, 6.07) is 20.5. The molecule has 2 aromatic heterocycles. The number of pyridine rings is 1. The lowest BCUT2D eigenvalue weighted by Gasteiger charge is -2.40. The number of carbonyl (C=O) groups excluding carboxylic acids is 1. The molecule has 5 rings (SSSR count). The van der Waals surface area contributed by atoms with Gasteiger partial charge in [-0.25, -0.2) is 4.98 Å². The zero-order chi connectivity index (χ0) is 20.5. The molecule has 1 saturated heterocycles. The highest BCUT2D eigenvalue weighted by Gasteiger charge is 2.32. The topological polar surface area (TPSA) is 59.0 Å². The smallest absolute Gasteiger partial charge is 0.134 e. The molecule has 148 valence electrons. The summed E-state index contributed by atoms with van der Waals surface area (Å²) in [5.74, 6) is 1.49. The number of rotatable bonds is 5. The maximum absolute atomic E-state index is 11.3. The van der Waals surface area contributed by atoms with Crippen molar-refractivity contribution in [3.05, 3.63) is 84.3 Å². The van der Waals surface area contributed by atoms with Crippen LogP contribution in [0.4, 0.5) is 5.82 Å². The lowest BCUT2D eigenvalue weighted by molar-refractivity contribution is -0.116. The molecule has 0 N–H and O–H groups in total. The molecular formula is C25H22N4O. The van der Waals surface area contributed by atoms with Crippen LogP contribution >= 0.6 is 0 Å². The van der Waals surface area contributed by atoms with E-state index in [1.165, 1.54) is 0 Å². The summed E-state index contributed by atoms with van der Waals surface area (Å²) in [5, 5.41) is 1.16. The second-order valence-electron chi connectivity index (χ2n) is 7.83. The van der Waals surface area contributed by atoms with Gasteiger partial charge in [-0.05, 0) is 30.7 Å². The first-order valence-electron chi connectivity index (χ1n) is 10.2. The Bertz CT molecular complexity index is 1210. The zero-order valence-electron chi connectivity index (χ0n) is 16.8. The van der Waals surface area contributed by atoms with Gasteiger partial charge < -0.3 is 4.90 Å². The van der Waals surface area contributed by atoms with Crippen molar-refractivity contribution in [2.45, 2.75) is 19.3 Å². The van der Waals surface area contributed by atoms with Crippen LogP contribution in [0.1, 0.15) is 24.1 Å². The highest BCUT2D eigenvalue weighted by molar-refractivity contribution is 5.80. The Morgan fingerprint density at radius 3 is 2.53 bits per heavy atom. The van der Waals surface area contributed by atoms with Crippen LogP contribution < -0.4 is 4.90 Å². The molecule has 2 aromatic carbocycles. The van der Waals surface area contributed by atoms with E-state index in [-0.39, 0.29) is 5.78 Å². The number of para-hydroxylation sites is 1. The quantitative estimate of drug-likeness (QED) is 0.501. The van der Waals surface area contributed by atoms with Crippen LogP contribution in [0.3, 0.4) is 0 Å². The Hall–Kier alpha value is -3.60. The first-order chi connectivity index (χ1) is 14.7. The number of benzene rings is 2. The molecule has 0 spiro atoms. The summed E-state index contributed by atoms with van der Waals surface area (Å²) < 4.78 is 0. The third kappa shape index (κ3) is 3.54. The fourth-order valence-electron chi connectivity index (χ4n) is 4.01. The number of fused-ring (bicyclic) bond motifs is 1. The van der Waals surface area contributed by atoms with Crippen molar-refractivity contribution in [3.63, 3.8) is 0 Å². The highest BCUT2D eigenvalue weighted by atomic mass is 16.1. The molecular weight excluding hydrogens is 372 g/mol. The van der Waals surface area contributed by atoms with Crippen molar-refractivity contribution < 1.29 is 4.79 Å². The Kier molecular flexibility index (Phi) is 4.71. The van der Waals surface area contributed by atoms with Crippen molar-refractivity contribution in [2.75, 3.05) is 18.0 Å². The number of hydrogen-bond donors (Lipinski definition) is 0. The van der Waals surface area contributed by atoms with Gasteiger partial charge in [-0.3, -0.25) is 14.8 Å². The predicted octanol–water partition coefficient (Wildman–Crippen LogP) is 4.43. The van der Waals surface area contributed by atoms with Crippen molar-refractivity contribution in [1.82, 2.24) is 15.0 Å².